The summed E-state index contributed by atoms with van der Waals surface area (Å²) in [5.41, 5.74) is 6.39. The lowest BCUT2D eigenvalue weighted by Gasteiger charge is -2.26. The van der Waals surface area contributed by atoms with Crippen molar-refractivity contribution in [1.29, 1.82) is 0 Å². The molecule has 5 rings (SSSR count). The van der Waals surface area contributed by atoms with Crippen LogP contribution in [-0.4, -0.2) is 0 Å². The quantitative estimate of drug-likeness (QED) is 0.282. The second kappa shape index (κ2) is 8.89. The first kappa shape index (κ1) is 19.1. The zero-order valence-corrected chi connectivity index (χ0v) is 17.5. The van der Waals surface area contributed by atoms with Gasteiger partial charge in [0.25, 0.3) is 0 Å². The van der Waals surface area contributed by atoms with Gasteiger partial charge in [0.05, 0.1) is 0 Å². The van der Waals surface area contributed by atoms with Crippen molar-refractivity contribution < 1.29 is 0 Å². The SMILES string of the molecule is c1ccc(CN(Cc2ccccc2)c2ccc3cc(-c4ccccc4)ccc3c2)cc1. The summed E-state index contributed by atoms with van der Waals surface area (Å²) in [5.74, 6) is 0. The summed E-state index contributed by atoms with van der Waals surface area (Å²) in [4.78, 5) is 2.45. The summed E-state index contributed by atoms with van der Waals surface area (Å²) >= 11 is 0. The Labute approximate surface area is 184 Å². The summed E-state index contributed by atoms with van der Waals surface area (Å²) in [6, 6.07) is 45.5. The van der Waals surface area contributed by atoms with Gasteiger partial charge in [-0.1, -0.05) is 109 Å². The molecule has 1 nitrogen and oxygen atoms in total. The highest BCUT2D eigenvalue weighted by atomic mass is 15.1. The first-order chi connectivity index (χ1) is 15.3. The summed E-state index contributed by atoms with van der Waals surface area (Å²) in [6.45, 7) is 1.76. The zero-order valence-electron chi connectivity index (χ0n) is 17.5. The molecule has 0 saturated carbocycles. The van der Waals surface area contributed by atoms with Gasteiger partial charge in [-0.25, -0.2) is 0 Å². The largest absolute Gasteiger partial charge is 0.363 e. The van der Waals surface area contributed by atoms with Crippen molar-refractivity contribution in [3.63, 3.8) is 0 Å². The standard InChI is InChI=1S/C30H25N/c1-4-10-24(11-5-1)22-31(23-25-12-6-2-7-13-25)30-19-18-28-20-27(16-17-29(28)21-30)26-14-8-3-9-15-26/h1-21H,22-23H2. The summed E-state index contributed by atoms with van der Waals surface area (Å²) < 4.78 is 0. The lowest BCUT2D eigenvalue weighted by molar-refractivity contribution is 0.801. The van der Waals surface area contributed by atoms with Crippen LogP contribution in [0.4, 0.5) is 5.69 Å². The predicted octanol–water partition coefficient (Wildman–Crippen LogP) is 7.71. The van der Waals surface area contributed by atoms with Crippen molar-refractivity contribution in [2.75, 3.05) is 4.90 Å². The normalized spacial score (nSPS) is 10.8. The minimum atomic E-state index is 0.878. The molecule has 0 radical (unpaired) electrons. The summed E-state index contributed by atoms with van der Waals surface area (Å²) in [7, 11) is 0. The van der Waals surface area contributed by atoms with E-state index in [4.69, 9.17) is 0 Å². The Morgan fingerprint density at radius 1 is 0.419 bits per heavy atom. The molecule has 0 N–H and O–H groups in total. The van der Waals surface area contributed by atoms with E-state index in [9.17, 15) is 0 Å². The second-order valence-electron chi connectivity index (χ2n) is 7.94. The number of fused-ring (bicyclic) bond motifs is 1. The van der Waals surface area contributed by atoms with Crippen molar-refractivity contribution in [3.8, 4) is 11.1 Å². The van der Waals surface area contributed by atoms with Gasteiger partial charge in [-0.05, 0) is 51.2 Å². The van der Waals surface area contributed by atoms with Gasteiger partial charge in [-0.2, -0.15) is 0 Å². The van der Waals surface area contributed by atoms with E-state index in [-0.39, 0.29) is 0 Å². The van der Waals surface area contributed by atoms with E-state index < -0.39 is 0 Å². The molecular formula is C30H25N. The van der Waals surface area contributed by atoms with Gasteiger partial charge in [0.15, 0.2) is 0 Å². The van der Waals surface area contributed by atoms with Crippen LogP contribution >= 0.6 is 0 Å². The van der Waals surface area contributed by atoms with Gasteiger partial charge < -0.3 is 4.90 Å². The maximum Gasteiger partial charge on any atom is 0.0433 e. The molecule has 0 atom stereocenters. The van der Waals surface area contributed by atoms with Crippen molar-refractivity contribution >= 4 is 16.5 Å². The molecule has 0 amide bonds. The molecule has 0 heterocycles. The fourth-order valence-corrected chi connectivity index (χ4v) is 4.09. The molecular weight excluding hydrogens is 374 g/mol. The highest BCUT2D eigenvalue weighted by Crippen LogP contribution is 2.29. The van der Waals surface area contributed by atoms with Crippen molar-refractivity contribution in [3.05, 3.63) is 139 Å². The van der Waals surface area contributed by atoms with Crippen molar-refractivity contribution in [2.45, 2.75) is 13.1 Å². The van der Waals surface area contributed by atoms with Crippen molar-refractivity contribution in [2.24, 2.45) is 0 Å². The second-order valence-corrected chi connectivity index (χ2v) is 7.94. The van der Waals surface area contributed by atoms with Crippen LogP contribution in [0.1, 0.15) is 11.1 Å². The molecule has 0 spiro atoms. The Morgan fingerprint density at radius 3 is 1.55 bits per heavy atom. The van der Waals surface area contributed by atoms with E-state index in [1.807, 2.05) is 0 Å². The Hall–Kier alpha value is -3.84. The minimum Gasteiger partial charge on any atom is -0.363 e. The van der Waals surface area contributed by atoms with Crippen LogP contribution in [0.15, 0.2) is 127 Å². The number of hydrogen-bond donors (Lipinski definition) is 0. The van der Waals surface area contributed by atoms with Crippen LogP contribution in [-0.2, 0) is 13.1 Å². The fraction of sp³-hybridized carbons (Fsp3) is 0.0667. The molecule has 5 aromatic rings. The maximum absolute atomic E-state index is 2.45. The van der Waals surface area contributed by atoms with Crippen LogP contribution < -0.4 is 4.90 Å². The van der Waals surface area contributed by atoms with E-state index in [0.717, 1.165) is 13.1 Å². The smallest absolute Gasteiger partial charge is 0.0433 e. The van der Waals surface area contributed by atoms with E-state index >= 15 is 0 Å². The lowest BCUT2D eigenvalue weighted by atomic mass is 10.0. The number of anilines is 1. The van der Waals surface area contributed by atoms with Crippen LogP contribution in [0.25, 0.3) is 21.9 Å². The fourth-order valence-electron chi connectivity index (χ4n) is 4.09. The number of nitrogens with zero attached hydrogens (tertiary/aromatic N) is 1. The first-order valence-electron chi connectivity index (χ1n) is 10.8. The van der Waals surface area contributed by atoms with Gasteiger partial charge in [0, 0.05) is 18.8 Å². The molecule has 0 bridgehead atoms. The first-order valence-corrected chi connectivity index (χ1v) is 10.8. The van der Waals surface area contributed by atoms with Gasteiger partial charge in [-0.15, -0.1) is 0 Å². The van der Waals surface area contributed by atoms with Gasteiger partial charge in [0.1, 0.15) is 0 Å². The molecule has 5 aromatic carbocycles. The van der Waals surface area contributed by atoms with Crippen LogP contribution in [0.5, 0.6) is 0 Å². The van der Waals surface area contributed by atoms with Crippen molar-refractivity contribution in [1.82, 2.24) is 0 Å². The third kappa shape index (κ3) is 4.51. The molecule has 0 aromatic heterocycles. The predicted molar refractivity (Wildman–Crippen MR) is 132 cm³/mol. The van der Waals surface area contributed by atoms with Gasteiger partial charge in [-0.3, -0.25) is 0 Å². The Bertz CT molecular complexity index is 1220. The lowest BCUT2D eigenvalue weighted by Crippen LogP contribution is -2.22. The van der Waals surface area contributed by atoms with Crippen LogP contribution in [0.2, 0.25) is 0 Å². The third-order valence-electron chi connectivity index (χ3n) is 5.73. The van der Waals surface area contributed by atoms with E-state index in [2.05, 4.69) is 132 Å². The molecule has 0 aliphatic carbocycles. The average molecular weight is 400 g/mol. The van der Waals surface area contributed by atoms with E-state index in [1.165, 1.54) is 38.7 Å². The average Bonchev–Trinajstić information content (AvgIpc) is 2.85. The maximum atomic E-state index is 2.45. The molecule has 0 aliphatic rings. The Kier molecular flexibility index (Phi) is 5.49. The molecule has 1 heteroatoms. The molecule has 0 fully saturated rings. The molecule has 31 heavy (non-hydrogen) atoms. The molecule has 0 saturated heterocycles. The molecule has 0 aliphatic heterocycles. The monoisotopic (exact) mass is 399 g/mol. The highest BCUT2D eigenvalue weighted by Gasteiger charge is 2.10. The number of rotatable bonds is 6. The summed E-state index contributed by atoms with van der Waals surface area (Å²) in [6.07, 6.45) is 0. The zero-order chi connectivity index (χ0) is 20.9. The van der Waals surface area contributed by atoms with E-state index in [0.29, 0.717) is 0 Å². The van der Waals surface area contributed by atoms with E-state index in [1.54, 1.807) is 0 Å². The van der Waals surface area contributed by atoms with Crippen LogP contribution in [0, 0.1) is 0 Å². The number of benzene rings is 5. The van der Waals surface area contributed by atoms with Gasteiger partial charge in [0.2, 0.25) is 0 Å². The minimum absolute atomic E-state index is 0.878. The third-order valence-corrected chi connectivity index (χ3v) is 5.73. The Morgan fingerprint density at radius 2 is 0.935 bits per heavy atom. The summed E-state index contributed by atoms with van der Waals surface area (Å²) in [5, 5.41) is 2.53. The van der Waals surface area contributed by atoms with Gasteiger partial charge >= 0.3 is 0 Å². The topological polar surface area (TPSA) is 3.24 Å². The number of hydrogen-bond acceptors (Lipinski definition) is 1. The highest BCUT2D eigenvalue weighted by molar-refractivity contribution is 5.89. The Balaban J connectivity index is 1.49. The molecule has 150 valence electrons. The van der Waals surface area contributed by atoms with Crippen LogP contribution in [0.3, 0.4) is 0 Å². The molecule has 0 unspecified atom stereocenters.